The van der Waals surface area contributed by atoms with Crippen LogP contribution < -0.4 is 11.3 Å². The van der Waals surface area contributed by atoms with Crippen molar-refractivity contribution < 1.29 is 4.92 Å². The lowest BCUT2D eigenvalue weighted by molar-refractivity contribution is -0.384. The molecule has 1 aromatic carbocycles. The maximum atomic E-state index is 11.7. The minimum Gasteiger partial charge on any atom is -0.384 e. The molecule has 0 saturated carbocycles. The van der Waals surface area contributed by atoms with E-state index in [9.17, 15) is 14.9 Å². The largest absolute Gasteiger partial charge is 0.384 e. The van der Waals surface area contributed by atoms with E-state index in [0.717, 1.165) is 4.68 Å². The van der Waals surface area contributed by atoms with Gasteiger partial charge in [-0.3, -0.25) is 20.3 Å². The van der Waals surface area contributed by atoms with Crippen LogP contribution in [0.15, 0.2) is 35.1 Å². The molecule has 0 spiro atoms. The maximum Gasteiger partial charge on any atom is 0.277 e. The van der Waals surface area contributed by atoms with E-state index in [1.165, 1.54) is 37.4 Å². The number of aryl methyl sites for hydroxylation is 1. The molecule has 3 N–H and O–H groups in total. The lowest BCUT2D eigenvalue weighted by atomic mass is 10.1. The number of nitro benzene ring substituents is 1. The smallest absolute Gasteiger partial charge is 0.277 e. The SMILES string of the molecule is Cn1nc(-c2ccc([N+](=O)[O-])cc2)cc(C(=N)N)c1=O. The minimum absolute atomic E-state index is 0.0367. The third kappa shape index (κ3) is 2.39. The van der Waals surface area contributed by atoms with Gasteiger partial charge in [-0.2, -0.15) is 5.10 Å². The van der Waals surface area contributed by atoms with E-state index in [1.807, 2.05) is 0 Å². The summed E-state index contributed by atoms with van der Waals surface area (Å²) in [7, 11) is 1.45. The van der Waals surface area contributed by atoms with E-state index in [0.29, 0.717) is 11.3 Å². The standard InChI is InChI=1S/C12H11N5O3/c1-16-12(18)9(11(13)14)6-10(15-16)7-2-4-8(5-3-7)17(19)20/h2-6H,1H3,(H3,13,14). The zero-order chi connectivity index (χ0) is 14.9. The predicted molar refractivity (Wildman–Crippen MR) is 72.6 cm³/mol. The van der Waals surface area contributed by atoms with Crippen molar-refractivity contribution in [2.45, 2.75) is 0 Å². The summed E-state index contributed by atoms with van der Waals surface area (Å²) in [6.07, 6.45) is 0. The Labute approximate surface area is 113 Å². The summed E-state index contributed by atoms with van der Waals surface area (Å²) >= 11 is 0. The summed E-state index contributed by atoms with van der Waals surface area (Å²) in [6, 6.07) is 7.13. The molecule has 0 unspecified atom stereocenters. The quantitative estimate of drug-likeness (QED) is 0.367. The highest BCUT2D eigenvalue weighted by Gasteiger charge is 2.11. The molecule has 0 fully saturated rings. The number of rotatable bonds is 3. The highest BCUT2D eigenvalue weighted by Crippen LogP contribution is 2.20. The Balaban J connectivity index is 2.55. The molecule has 0 saturated heterocycles. The van der Waals surface area contributed by atoms with Crippen LogP contribution in [0.2, 0.25) is 0 Å². The zero-order valence-corrected chi connectivity index (χ0v) is 10.5. The lowest BCUT2D eigenvalue weighted by Crippen LogP contribution is -2.29. The second-order valence-corrected chi connectivity index (χ2v) is 4.09. The first-order chi connectivity index (χ1) is 9.40. The Morgan fingerprint density at radius 2 is 2.00 bits per heavy atom. The fraction of sp³-hybridized carbons (Fsp3) is 0.0833. The number of nitrogens with two attached hydrogens (primary N) is 1. The number of amidine groups is 1. The van der Waals surface area contributed by atoms with Crippen molar-refractivity contribution in [1.29, 1.82) is 5.41 Å². The number of hydrogen-bond donors (Lipinski definition) is 2. The Morgan fingerprint density at radius 1 is 1.40 bits per heavy atom. The van der Waals surface area contributed by atoms with E-state index in [-0.39, 0.29) is 17.1 Å². The van der Waals surface area contributed by atoms with Crippen LogP contribution in [0.5, 0.6) is 0 Å². The highest BCUT2D eigenvalue weighted by molar-refractivity contribution is 5.95. The van der Waals surface area contributed by atoms with Gasteiger partial charge in [-0.05, 0) is 18.2 Å². The lowest BCUT2D eigenvalue weighted by Gasteiger charge is -2.06. The first kappa shape index (κ1) is 13.4. The number of nitrogens with zero attached hydrogens (tertiary/aromatic N) is 3. The molecule has 1 heterocycles. The van der Waals surface area contributed by atoms with E-state index < -0.39 is 10.5 Å². The first-order valence-corrected chi connectivity index (χ1v) is 5.57. The summed E-state index contributed by atoms with van der Waals surface area (Å²) in [5, 5.41) is 22.0. The van der Waals surface area contributed by atoms with Gasteiger partial charge < -0.3 is 5.73 Å². The predicted octanol–water partition coefficient (Wildman–Crippen LogP) is 0.640. The van der Waals surface area contributed by atoms with Gasteiger partial charge in [0.15, 0.2) is 0 Å². The number of nitro groups is 1. The fourth-order valence-electron chi connectivity index (χ4n) is 1.70. The molecule has 0 radical (unpaired) electrons. The van der Waals surface area contributed by atoms with Crippen LogP contribution >= 0.6 is 0 Å². The topological polar surface area (TPSA) is 128 Å². The molecule has 2 rings (SSSR count). The van der Waals surface area contributed by atoms with Crippen LogP contribution in [0.25, 0.3) is 11.3 Å². The molecule has 2 aromatic rings. The monoisotopic (exact) mass is 273 g/mol. The molecule has 20 heavy (non-hydrogen) atoms. The highest BCUT2D eigenvalue weighted by atomic mass is 16.6. The Morgan fingerprint density at radius 3 is 2.50 bits per heavy atom. The normalized spacial score (nSPS) is 10.2. The van der Waals surface area contributed by atoms with E-state index in [2.05, 4.69) is 5.10 Å². The molecular formula is C12H11N5O3. The number of nitrogens with one attached hydrogen (secondary N) is 1. The van der Waals surface area contributed by atoms with Gasteiger partial charge in [0.25, 0.3) is 11.2 Å². The Bertz CT molecular complexity index is 749. The fourth-order valence-corrected chi connectivity index (χ4v) is 1.70. The molecule has 0 bridgehead atoms. The average molecular weight is 273 g/mol. The number of hydrogen-bond acceptors (Lipinski definition) is 5. The van der Waals surface area contributed by atoms with Gasteiger partial charge in [0.05, 0.1) is 16.2 Å². The number of benzene rings is 1. The van der Waals surface area contributed by atoms with Crippen LogP contribution in [-0.2, 0) is 7.05 Å². The van der Waals surface area contributed by atoms with E-state index >= 15 is 0 Å². The number of aromatic nitrogens is 2. The van der Waals surface area contributed by atoms with Gasteiger partial charge in [-0.15, -0.1) is 0 Å². The molecule has 0 aliphatic carbocycles. The van der Waals surface area contributed by atoms with Crippen molar-refractivity contribution >= 4 is 11.5 Å². The van der Waals surface area contributed by atoms with E-state index in [4.69, 9.17) is 11.1 Å². The third-order valence-electron chi connectivity index (χ3n) is 2.73. The van der Waals surface area contributed by atoms with Gasteiger partial charge in [0.2, 0.25) is 0 Å². The zero-order valence-electron chi connectivity index (χ0n) is 10.5. The molecule has 0 aliphatic heterocycles. The van der Waals surface area contributed by atoms with Crippen molar-refractivity contribution in [2.24, 2.45) is 12.8 Å². The second-order valence-electron chi connectivity index (χ2n) is 4.09. The molecular weight excluding hydrogens is 262 g/mol. The van der Waals surface area contributed by atoms with Crippen molar-refractivity contribution in [2.75, 3.05) is 0 Å². The second kappa shape index (κ2) is 4.92. The molecule has 1 aromatic heterocycles. The number of nitrogen functional groups attached to an aromatic ring is 1. The van der Waals surface area contributed by atoms with Crippen LogP contribution in [0.4, 0.5) is 5.69 Å². The van der Waals surface area contributed by atoms with Gasteiger partial charge in [-0.25, -0.2) is 4.68 Å². The summed E-state index contributed by atoms with van der Waals surface area (Å²) in [5.74, 6) is -0.351. The molecule has 8 heteroatoms. The molecule has 8 nitrogen and oxygen atoms in total. The van der Waals surface area contributed by atoms with Crippen LogP contribution in [0, 0.1) is 15.5 Å². The molecule has 0 amide bonds. The van der Waals surface area contributed by atoms with Gasteiger partial charge in [0, 0.05) is 24.7 Å². The summed E-state index contributed by atoms with van der Waals surface area (Å²) in [4.78, 5) is 21.8. The van der Waals surface area contributed by atoms with Crippen molar-refractivity contribution in [1.82, 2.24) is 9.78 Å². The summed E-state index contributed by atoms with van der Waals surface area (Å²) < 4.78 is 1.08. The third-order valence-corrected chi connectivity index (χ3v) is 2.73. The van der Waals surface area contributed by atoms with Crippen molar-refractivity contribution in [3.63, 3.8) is 0 Å². The first-order valence-electron chi connectivity index (χ1n) is 5.57. The van der Waals surface area contributed by atoms with Gasteiger partial charge >= 0.3 is 0 Å². The van der Waals surface area contributed by atoms with E-state index in [1.54, 1.807) is 0 Å². The molecule has 102 valence electrons. The van der Waals surface area contributed by atoms with Crippen LogP contribution in [0.3, 0.4) is 0 Å². The molecule has 0 aliphatic rings. The Kier molecular flexibility index (Phi) is 3.30. The van der Waals surface area contributed by atoms with Crippen molar-refractivity contribution in [3.05, 3.63) is 56.4 Å². The van der Waals surface area contributed by atoms with Crippen LogP contribution in [0.1, 0.15) is 5.56 Å². The summed E-state index contributed by atoms with van der Waals surface area (Å²) in [6.45, 7) is 0. The maximum absolute atomic E-state index is 11.7. The van der Waals surface area contributed by atoms with Gasteiger partial charge in [0.1, 0.15) is 5.84 Å². The Hall–Kier alpha value is -3.03. The average Bonchev–Trinajstić information content (AvgIpc) is 2.41. The van der Waals surface area contributed by atoms with Crippen LogP contribution in [-0.4, -0.2) is 20.5 Å². The van der Waals surface area contributed by atoms with Crippen molar-refractivity contribution in [3.8, 4) is 11.3 Å². The van der Waals surface area contributed by atoms with Gasteiger partial charge in [-0.1, -0.05) is 0 Å². The molecule has 0 atom stereocenters. The summed E-state index contributed by atoms with van der Waals surface area (Å²) in [5.41, 5.74) is 5.88. The minimum atomic E-state index is -0.501. The number of non-ortho nitro benzene ring substituents is 1.